The average Bonchev–Trinajstić information content (AvgIpc) is 2.31. The zero-order valence-electron chi connectivity index (χ0n) is 9.73. The maximum absolute atomic E-state index is 5.98. The van der Waals surface area contributed by atoms with Gasteiger partial charge in [0.15, 0.2) is 0 Å². The van der Waals surface area contributed by atoms with Gasteiger partial charge in [-0.25, -0.2) is 0 Å². The fraction of sp³-hybridized carbons (Fsp3) is 0.462. The number of benzene rings is 1. The van der Waals surface area contributed by atoms with Crippen LogP contribution in [0.1, 0.15) is 37.7 Å². The molecule has 0 bridgehead atoms. The van der Waals surface area contributed by atoms with Crippen LogP contribution in [-0.2, 0) is 0 Å². The molecule has 0 saturated heterocycles. The number of rotatable bonds is 2. The van der Waals surface area contributed by atoms with Gasteiger partial charge in [0.25, 0.3) is 0 Å². The Hall–Kier alpha value is -0.730. The first-order valence-corrected chi connectivity index (χ1v) is 6.23. The monoisotopic (exact) mass is 272 g/mol. The highest BCUT2D eigenvalue weighted by molar-refractivity contribution is 6.30. The van der Waals surface area contributed by atoms with Crippen LogP contribution < -0.4 is 5.73 Å². The number of nitrogens with two attached hydrogens (primary N) is 1. The summed E-state index contributed by atoms with van der Waals surface area (Å²) in [6.45, 7) is 0. The molecule has 1 aliphatic carbocycles. The third-order valence-corrected chi connectivity index (χ3v) is 3.29. The fourth-order valence-electron chi connectivity index (χ4n) is 2.10. The maximum atomic E-state index is 5.98. The molecule has 0 unspecified atom stereocenters. The SMILES string of the molecule is Cl.NC(=NC1CCCCC1)c1ccc(Cl)cc1. The highest BCUT2D eigenvalue weighted by atomic mass is 35.5. The van der Waals surface area contributed by atoms with E-state index in [2.05, 4.69) is 4.99 Å². The van der Waals surface area contributed by atoms with Gasteiger partial charge < -0.3 is 5.73 Å². The fourth-order valence-corrected chi connectivity index (χ4v) is 2.23. The second-order valence-corrected chi connectivity index (χ2v) is 4.75. The molecular formula is C13H18Cl2N2. The van der Waals surface area contributed by atoms with Crippen LogP contribution in [0.5, 0.6) is 0 Å². The van der Waals surface area contributed by atoms with Crippen LogP contribution in [0.3, 0.4) is 0 Å². The molecule has 0 aliphatic heterocycles. The van der Waals surface area contributed by atoms with E-state index < -0.39 is 0 Å². The molecular weight excluding hydrogens is 255 g/mol. The smallest absolute Gasteiger partial charge is 0.125 e. The number of aliphatic imine (C=N–C) groups is 1. The molecule has 1 saturated carbocycles. The van der Waals surface area contributed by atoms with E-state index in [1.807, 2.05) is 24.3 Å². The number of nitrogens with zero attached hydrogens (tertiary/aromatic N) is 1. The van der Waals surface area contributed by atoms with Gasteiger partial charge in [0, 0.05) is 10.6 Å². The third kappa shape index (κ3) is 4.21. The van der Waals surface area contributed by atoms with Gasteiger partial charge in [-0.1, -0.05) is 30.9 Å². The van der Waals surface area contributed by atoms with Crippen molar-refractivity contribution in [1.29, 1.82) is 0 Å². The molecule has 2 rings (SSSR count). The van der Waals surface area contributed by atoms with Crippen molar-refractivity contribution in [3.05, 3.63) is 34.9 Å². The zero-order valence-corrected chi connectivity index (χ0v) is 11.3. The number of halogens is 2. The van der Waals surface area contributed by atoms with Gasteiger partial charge in [0.05, 0.1) is 6.04 Å². The lowest BCUT2D eigenvalue weighted by Crippen LogP contribution is -2.19. The van der Waals surface area contributed by atoms with Gasteiger partial charge in [-0.05, 0) is 37.1 Å². The maximum Gasteiger partial charge on any atom is 0.125 e. The Morgan fingerprint density at radius 3 is 2.29 bits per heavy atom. The van der Waals surface area contributed by atoms with Crippen molar-refractivity contribution in [2.45, 2.75) is 38.1 Å². The van der Waals surface area contributed by atoms with Gasteiger partial charge in [-0.3, -0.25) is 4.99 Å². The van der Waals surface area contributed by atoms with Gasteiger partial charge in [0.1, 0.15) is 5.84 Å². The van der Waals surface area contributed by atoms with Crippen molar-refractivity contribution in [2.75, 3.05) is 0 Å². The van der Waals surface area contributed by atoms with Crippen molar-refractivity contribution in [3.8, 4) is 0 Å². The Bertz CT molecular complexity index is 368. The Balaban J connectivity index is 0.00000144. The van der Waals surface area contributed by atoms with Crippen LogP contribution in [0.2, 0.25) is 5.02 Å². The van der Waals surface area contributed by atoms with E-state index in [0.717, 1.165) is 10.6 Å². The molecule has 0 amide bonds. The summed E-state index contributed by atoms with van der Waals surface area (Å²) in [5.74, 6) is 0.642. The molecule has 17 heavy (non-hydrogen) atoms. The standard InChI is InChI=1S/C13H17ClN2.ClH/c14-11-8-6-10(7-9-11)13(15)16-12-4-2-1-3-5-12;/h6-9,12H,1-5H2,(H2,15,16);1H. The van der Waals surface area contributed by atoms with E-state index >= 15 is 0 Å². The number of hydrogen-bond acceptors (Lipinski definition) is 1. The van der Waals surface area contributed by atoms with Gasteiger partial charge in [-0.2, -0.15) is 0 Å². The quantitative estimate of drug-likeness (QED) is 0.646. The molecule has 1 aromatic carbocycles. The predicted molar refractivity (Wildman–Crippen MR) is 76.3 cm³/mol. The highest BCUT2D eigenvalue weighted by Gasteiger charge is 2.12. The minimum atomic E-state index is 0. The Kier molecular flexibility index (Phi) is 5.79. The van der Waals surface area contributed by atoms with Crippen molar-refractivity contribution < 1.29 is 0 Å². The molecule has 0 heterocycles. The van der Waals surface area contributed by atoms with Crippen LogP contribution in [0.4, 0.5) is 0 Å². The Labute approximate surface area is 114 Å². The zero-order chi connectivity index (χ0) is 11.4. The third-order valence-electron chi connectivity index (χ3n) is 3.04. The summed E-state index contributed by atoms with van der Waals surface area (Å²) in [6.07, 6.45) is 6.25. The number of hydrogen-bond donors (Lipinski definition) is 1. The summed E-state index contributed by atoms with van der Waals surface area (Å²) < 4.78 is 0. The minimum Gasteiger partial charge on any atom is -0.383 e. The molecule has 1 fully saturated rings. The molecule has 2 nitrogen and oxygen atoms in total. The summed E-state index contributed by atoms with van der Waals surface area (Å²) in [5.41, 5.74) is 6.95. The summed E-state index contributed by atoms with van der Waals surface area (Å²) >= 11 is 5.83. The summed E-state index contributed by atoms with van der Waals surface area (Å²) in [7, 11) is 0. The Morgan fingerprint density at radius 2 is 1.71 bits per heavy atom. The van der Waals surface area contributed by atoms with E-state index in [1.165, 1.54) is 32.1 Å². The van der Waals surface area contributed by atoms with Crippen molar-refractivity contribution in [1.82, 2.24) is 0 Å². The van der Waals surface area contributed by atoms with Gasteiger partial charge >= 0.3 is 0 Å². The molecule has 0 spiro atoms. The van der Waals surface area contributed by atoms with Gasteiger partial charge in [-0.15, -0.1) is 12.4 Å². The lowest BCUT2D eigenvalue weighted by molar-refractivity contribution is 0.443. The summed E-state index contributed by atoms with van der Waals surface area (Å²) in [4.78, 5) is 4.59. The van der Waals surface area contributed by atoms with E-state index in [1.54, 1.807) is 0 Å². The van der Waals surface area contributed by atoms with E-state index in [9.17, 15) is 0 Å². The first kappa shape index (κ1) is 14.3. The normalized spacial score (nSPS) is 17.6. The molecule has 1 aliphatic rings. The topological polar surface area (TPSA) is 38.4 Å². The highest BCUT2D eigenvalue weighted by Crippen LogP contribution is 2.20. The lowest BCUT2D eigenvalue weighted by Gasteiger charge is -2.18. The van der Waals surface area contributed by atoms with Gasteiger partial charge in [0.2, 0.25) is 0 Å². The minimum absolute atomic E-state index is 0. The molecule has 4 heteroatoms. The lowest BCUT2D eigenvalue weighted by atomic mass is 9.96. The largest absolute Gasteiger partial charge is 0.383 e. The first-order chi connectivity index (χ1) is 7.75. The first-order valence-electron chi connectivity index (χ1n) is 5.85. The molecule has 1 aromatic rings. The van der Waals surface area contributed by atoms with Crippen molar-refractivity contribution in [2.24, 2.45) is 10.7 Å². The van der Waals surface area contributed by atoms with Crippen molar-refractivity contribution >= 4 is 29.8 Å². The second kappa shape index (κ2) is 6.87. The van der Waals surface area contributed by atoms with Crippen molar-refractivity contribution in [3.63, 3.8) is 0 Å². The van der Waals surface area contributed by atoms with Crippen LogP contribution >= 0.6 is 24.0 Å². The van der Waals surface area contributed by atoms with Crippen LogP contribution in [0, 0.1) is 0 Å². The Morgan fingerprint density at radius 1 is 1.12 bits per heavy atom. The van der Waals surface area contributed by atoms with Crippen LogP contribution in [-0.4, -0.2) is 11.9 Å². The van der Waals surface area contributed by atoms with Crippen LogP contribution in [0.15, 0.2) is 29.3 Å². The summed E-state index contributed by atoms with van der Waals surface area (Å²) in [6, 6.07) is 7.96. The van der Waals surface area contributed by atoms with E-state index in [4.69, 9.17) is 17.3 Å². The molecule has 0 radical (unpaired) electrons. The average molecular weight is 273 g/mol. The van der Waals surface area contributed by atoms with E-state index in [0.29, 0.717) is 11.9 Å². The van der Waals surface area contributed by atoms with E-state index in [-0.39, 0.29) is 12.4 Å². The van der Waals surface area contributed by atoms with Crippen LogP contribution in [0.25, 0.3) is 0 Å². The number of amidine groups is 1. The molecule has 0 aromatic heterocycles. The molecule has 2 N–H and O–H groups in total. The molecule has 0 atom stereocenters. The second-order valence-electron chi connectivity index (χ2n) is 4.31. The molecule has 94 valence electrons. The summed E-state index contributed by atoms with van der Waals surface area (Å²) in [5, 5.41) is 0.731. The predicted octanol–water partition coefficient (Wildman–Crippen LogP) is 3.80.